The third-order valence-corrected chi connectivity index (χ3v) is 2.09. The van der Waals surface area contributed by atoms with Crippen molar-refractivity contribution in [3.8, 4) is 11.5 Å². The average Bonchev–Trinajstić information content (AvgIpc) is 2.62. The maximum absolute atomic E-state index is 8.63. The van der Waals surface area contributed by atoms with Gasteiger partial charge in [-0.3, -0.25) is 0 Å². The number of allylic oxidation sites excluding steroid dienone is 2. The summed E-state index contributed by atoms with van der Waals surface area (Å²) in [6.07, 6.45) is 5.92. The van der Waals surface area contributed by atoms with Crippen molar-refractivity contribution >= 4 is 0 Å². The van der Waals surface area contributed by atoms with E-state index < -0.39 is 0 Å². The molecule has 2 N–H and O–H groups in total. The van der Waals surface area contributed by atoms with E-state index in [0.717, 1.165) is 12.8 Å². The molecule has 0 aliphatic rings. The zero-order valence-electron chi connectivity index (χ0n) is 18.2. The summed E-state index contributed by atoms with van der Waals surface area (Å²) in [4.78, 5) is 0. The van der Waals surface area contributed by atoms with Crippen molar-refractivity contribution in [3.63, 3.8) is 0 Å². The predicted octanol–water partition coefficient (Wildman–Crippen LogP) is 8.00. The monoisotopic (exact) mass is 372 g/mol. The van der Waals surface area contributed by atoms with Crippen LogP contribution in [0.3, 0.4) is 0 Å². The van der Waals surface area contributed by atoms with Gasteiger partial charge in [-0.2, -0.15) is 0 Å². The number of para-hydroxylation sites is 2. The number of hydrogen-bond acceptors (Lipinski definition) is 2. The second-order valence-electron chi connectivity index (χ2n) is 7.06. The predicted molar refractivity (Wildman–Crippen MR) is 122 cm³/mol. The first-order chi connectivity index (χ1) is 12.6. The first kappa shape index (κ1) is 29.3. The van der Waals surface area contributed by atoms with E-state index in [1.54, 1.807) is 48.5 Å². The van der Waals surface area contributed by atoms with Gasteiger partial charge in [-0.05, 0) is 42.5 Å². The lowest BCUT2D eigenvalue weighted by atomic mass is 10.0. The van der Waals surface area contributed by atoms with Crippen molar-refractivity contribution in [2.24, 2.45) is 5.41 Å². The van der Waals surface area contributed by atoms with Crippen LogP contribution in [-0.4, -0.2) is 10.2 Å². The van der Waals surface area contributed by atoms with Gasteiger partial charge in [0, 0.05) is 0 Å². The number of rotatable bonds is 2. The number of aromatic hydroxyl groups is 2. The summed E-state index contributed by atoms with van der Waals surface area (Å²) in [5.41, 5.74) is 0.500. The van der Waals surface area contributed by atoms with Crippen molar-refractivity contribution in [1.29, 1.82) is 0 Å². The molecule has 27 heavy (non-hydrogen) atoms. The Morgan fingerprint density at radius 1 is 0.667 bits per heavy atom. The Morgan fingerprint density at radius 3 is 0.926 bits per heavy atom. The van der Waals surface area contributed by atoms with Crippen LogP contribution >= 0.6 is 0 Å². The fourth-order valence-corrected chi connectivity index (χ4v) is 0.856. The Labute approximate surface area is 167 Å². The summed E-state index contributed by atoms with van der Waals surface area (Å²) in [5, 5.41) is 17.3. The Hall–Kier alpha value is -2.48. The third kappa shape index (κ3) is 45.2. The van der Waals surface area contributed by atoms with E-state index in [2.05, 4.69) is 54.7 Å². The maximum atomic E-state index is 8.63. The molecule has 2 aromatic carbocycles. The van der Waals surface area contributed by atoms with Crippen LogP contribution in [0.15, 0.2) is 86.0 Å². The lowest BCUT2D eigenvalue weighted by Crippen LogP contribution is -1.93. The van der Waals surface area contributed by atoms with Crippen molar-refractivity contribution in [2.75, 3.05) is 0 Å². The molecule has 2 rings (SSSR count). The Morgan fingerprint density at radius 2 is 0.852 bits per heavy atom. The molecule has 0 heterocycles. The zero-order chi connectivity index (χ0) is 21.6. The summed E-state index contributed by atoms with van der Waals surface area (Å²) in [6.45, 7) is 19.8. The van der Waals surface area contributed by atoms with Gasteiger partial charge in [-0.1, -0.05) is 90.1 Å². The molecule has 2 aromatic rings. The van der Waals surface area contributed by atoms with E-state index in [1.807, 2.05) is 24.3 Å². The Bertz CT molecular complexity index is 474. The van der Waals surface area contributed by atoms with Crippen LogP contribution in [0.25, 0.3) is 0 Å². The highest BCUT2D eigenvalue weighted by Crippen LogP contribution is 2.08. The van der Waals surface area contributed by atoms with E-state index in [-0.39, 0.29) is 0 Å². The first-order valence-corrected chi connectivity index (χ1v) is 9.32. The van der Waals surface area contributed by atoms with Gasteiger partial charge < -0.3 is 10.2 Å². The summed E-state index contributed by atoms with van der Waals surface area (Å²) in [5.74, 6) is 0.644. The minimum Gasteiger partial charge on any atom is -0.508 e. The summed E-state index contributed by atoms with van der Waals surface area (Å²) < 4.78 is 0. The number of phenols is 2. The molecule has 0 amide bonds. The summed E-state index contributed by atoms with van der Waals surface area (Å²) in [6, 6.07) is 17.4. The second kappa shape index (κ2) is 21.6. The highest BCUT2D eigenvalue weighted by Gasteiger charge is 1.95. The normalized spacial score (nSPS) is 8.52. The molecular formula is C25H40O2. The van der Waals surface area contributed by atoms with Gasteiger partial charge in [0.1, 0.15) is 11.5 Å². The molecule has 152 valence electrons. The topological polar surface area (TPSA) is 40.5 Å². The quantitative estimate of drug-likeness (QED) is 0.524. The molecule has 0 saturated heterocycles. The molecule has 0 atom stereocenters. The number of benzene rings is 2. The van der Waals surface area contributed by atoms with E-state index in [9.17, 15) is 0 Å². The molecule has 0 unspecified atom stereocenters. The van der Waals surface area contributed by atoms with E-state index in [1.165, 1.54) is 0 Å². The SMILES string of the molecule is C=CCC.C=CCC.CC(C)(C)C.Oc1ccccc1.Oc1ccccc1. The van der Waals surface area contributed by atoms with Gasteiger partial charge in [0.15, 0.2) is 0 Å². The maximum Gasteiger partial charge on any atom is 0.115 e. The van der Waals surface area contributed by atoms with Gasteiger partial charge in [-0.15, -0.1) is 13.2 Å². The van der Waals surface area contributed by atoms with Crippen molar-refractivity contribution in [3.05, 3.63) is 86.0 Å². The van der Waals surface area contributed by atoms with Crippen LogP contribution in [0.2, 0.25) is 0 Å². The average molecular weight is 373 g/mol. The van der Waals surface area contributed by atoms with Gasteiger partial charge in [0.25, 0.3) is 0 Å². The van der Waals surface area contributed by atoms with Crippen molar-refractivity contribution in [2.45, 2.75) is 54.4 Å². The minimum atomic E-state index is 0.322. The van der Waals surface area contributed by atoms with Gasteiger partial charge in [-0.25, -0.2) is 0 Å². The fraction of sp³-hybridized carbons (Fsp3) is 0.360. The van der Waals surface area contributed by atoms with E-state index in [4.69, 9.17) is 10.2 Å². The smallest absolute Gasteiger partial charge is 0.115 e. The molecule has 2 heteroatoms. The molecular weight excluding hydrogens is 332 g/mol. The van der Waals surface area contributed by atoms with Crippen molar-refractivity contribution in [1.82, 2.24) is 0 Å². The minimum absolute atomic E-state index is 0.322. The molecule has 0 saturated carbocycles. The van der Waals surface area contributed by atoms with Crippen LogP contribution in [0, 0.1) is 5.41 Å². The Balaban J connectivity index is -0.000000274. The van der Waals surface area contributed by atoms with Gasteiger partial charge in [0.05, 0.1) is 0 Å². The largest absolute Gasteiger partial charge is 0.508 e. The zero-order valence-corrected chi connectivity index (χ0v) is 18.2. The van der Waals surface area contributed by atoms with E-state index in [0.29, 0.717) is 16.9 Å². The molecule has 2 nitrogen and oxygen atoms in total. The molecule has 0 bridgehead atoms. The van der Waals surface area contributed by atoms with Gasteiger partial charge >= 0.3 is 0 Å². The van der Waals surface area contributed by atoms with Crippen LogP contribution in [-0.2, 0) is 0 Å². The molecule has 0 aliphatic carbocycles. The van der Waals surface area contributed by atoms with Crippen LogP contribution in [0.5, 0.6) is 11.5 Å². The molecule has 0 radical (unpaired) electrons. The summed E-state index contributed by atoms with van der Waals surface area (Å²) >= 11 is 0. The van der Waals surface area contributed by atoms with Crippen LogP contribution < -0.4 is 0 Å². The molecule has 0 fully saturated rings. The summed E-state index contributed by atoms with van der Waals surface area (Å²) in [7, 11) is 0. The van der Waals surface area contributed by atoms with Crippen LogP contribution in [0.1, 0.15) is 54.4 Å². The first-order valence-electron chi connectivity index (χ1n) is 9.32. The molecule has 0 spiro atoms. The standard InChI is InChI=1S/2C6H6O.C5H12.2C4H8/c2*7-6-4-2-1-3-5-6;1-5(2,3)4;2*1-3-4-2/h2*1-5,7H;1-4H3;2*3H,1,4H2,2H3. The highest BCUT2D eigenvalue weighted by molar-refractivity contribution is 5.19. The third-order valence-electron chi connectivity index (χ3n) is 2.09. The number of phenolic OH excluding ortho intramolecular Hbond substituents is 2. The van der Waals surface area contributed by atoms with Crippen molar-refractivity contribution < 1.29 is 10.2 Å². The lowest BCUT2D eigenvalue weighted by molar-refractivity contribution is 0.469. The second-order valence-corrected chi connectivity index (χ2v) is 7.06. The number of hydrogen-bond donors (Lipinski definition) is 2. The lowest BCUT2D eigenvalue weighted by Gasteiger charge is -2.05. The molecule has 0 aliphatic heterocycles. The highest BCUT2D eigenvalue weighted by atomic mass is 16.3. The fourth-order valence-electron chi connectivity index (χ4n) is 0.856. The van der Waals surface area contributed by atoms with Gasteiger partial charge in [0.2, 0.25) is 0 Å². The Kier molecular flexibility index (Phi) is 23.4. The van der Waals surface area contributed by atoms with Crippen LogP contribution in [0.4, 0.5) is 0 Å². The molecule has 0 aromatic heterocycles. The van der Waals surface area contributed by atoms with E-state index >= 15 is 0 Å².